The van der Waals surface area contributed by atoms with Crippen molar-refractivity contribution < 1.29 is 0 Å². The second-order valence-corrected chi connectivity index (χ2v) is 6.20. The van der Waals surface area contributed by atoms with E-state index in [0.717, 1.165) is 5.56 Å². The fourth-order valence-corrected chi connectivity index (χ4v) is 2.84. The molecule has 102 valence electrons. The van der Waals surface area contributed by atoms with Gasteiger partial charge in [0, 0.05) is 4.83 Å². The van der Waals surface area contributed by atoms with E-state index < -0.39 is 11.1 Å². The molecule has 2 unspecified atom stereocenters. The summed E-state index contributed by atoms with van der Waals surface area (Å²) in [5.74, 6) is 1.02. The van der Waals surface area contributed by atoms with Gasteiger partial charge >= 0.3 is 11.1 Å². The minimum atomic E-state index is -0.619. The van der Waals surface area contributed by atoms with Gasteiger partial charge in [-0.3, -0.25) is 9.59 Å². The lowest BCUT2D eigenvalue weighted by Crippen LogP contribution is -2.28. The van der Waals surface area contributed by atoms with Crippen molar-refractivity contribution in [1.29, 1.82) is 0 Å². The average Bonchev–Trinajstić information content (AvgIpc) is 2.37. The topological polar surface area (TPSA) is 65.7 Å². The number of halogens is 1. The fourth-order valence-electron chi connectivity index (χ4n) is 1.95. The van der Waals surface area contributed by atoms with Crippen LogP contribution in [0.1, 0.15) is 31.2 Å². The third-order valence-corrected chi connectivity index (χ3v) is 4.94. The van der Waals surface area contributed by atoms with E-state index in [4.69, 9.17) is 0 Å². The zero-order valence-corrected chi connectivity index (χ0v) is 12.7. The highest BCUT2D eigenvalue weighted by Gasteiger charge is 2.19. The highest BCUT2D eigenvalue weighted by Crippen LogP contribution is 2.35. The van der Waals surface area contributed by atoms with Crippen LogP contribution in [0, 0.1) is 11.8 Å². The number of hydrogen-bond acceptors (Lipinski definition) is 2. The molecule has 2 aromatic rings. The van der Waals surface area contributed by atoms with Crippen LogP contribution in [0.4, 0.5) is 0 Å². The summed E-state index contributed by atoms with van der Waals surface area (Å²) in [6, 6.07) is 5.70. The molecule has 0 aliphatic carbocycles. The maximum atomic E-state index is 11.3. The minimum absolute atomic E-state index is 0.215. The van der Waals surface area contributed by atoms with Gasteiger partial charge in [0.25, 0.3) is 0 Å². The molecule has 0 aliphatic heterocycles. The maximum absolute atomic E-state index is 11.3. The molecule has 2 N–H and O–H groups in total. The Kier molecular flexibility index (Phi) is 3.94. The van der Waals surface area contributed by atoms with E-state index in [2.05, 4.69) is 46.7 Å². The van der Waals surface area contributed by atoms with Crippen molar-refractivity contribution in [2.45, 2.75) is 25.6 Å². The molecular weight excluding hydrogens is 308 g/mol. The third kappa shape index (κ3) is 2.81. The normalized spacial score (nSPS) is 14.8. The molecule has 0 radical (unpaired) electrons. The summed E-state index contributed by atoms with van der Waals surface area (Å²) in [6.45, 7) is 6.54. The smallest absolute Gasteiger partial charge is 0.314 e. The van der Waals surface area contributed by atoms with Crippen molar-refractivity contribution >= 4 is 27.0 Å². The predicted molar refractivity (Wildman–Crippen MR) is 80.9 cm³/mol. The lowest BCUT2D eigenvalue weighted by molar-refractivity contribution is 0.414. The molecule has 1 aromatic heterocycles. The maximum Gasteiger partial charge on any atom is 0.314 e. The van der Waals surface area contributed by atoms with E-state index >= 15 is 0 Å². The number of fused-ring (bicyclic) bond motifs is 1. The van der Waals surface area contributed by atoms with Crippen LogP contribution in [0.5, 0.6) is 0 Å². The molecule has 0 saturated carbocycles. The van der Waals surface area contributed by atoms with Gasteiger partial charge in [0.2, 0.25) is 0 Å². The molecule has 4 nitrogen and oxygen atoms in total. The second-order valence-electron chi connectivity index (χ2n) is 5.22. The van der Waals surface area contributed by atoms with E-state index in [-0.39, 0.29) is 4.83 Å². The van der Waals surface area contributed by atoms with Crippen LogP contribution in [0.15, 0.2) is 27.8 Å². The highest BCUT2D eigenvalue weighted by molar-refractivity contribution is 9.09. The highest BCUT2D eigenvalue weighted by atomic mass is 79.9. The molecule has 0 saturated heterocycles. The fraction of sp³-hybridized carbons (Fsp3) is 0.429. The van der Waals surface area contributed by atoms with Crippen LogP contribution < -0.4 is 11.1 Å². The summed E-state index contributed by atoms with van der Waals surface area (Å²) in [4.78, 5) is 28.0. The molecule has 1 heterocycles. The summed E-state index contributed by atoms with van der Waals surface area (Å²) in [5.41, 5.74) is 1.16. The van der Waals surface area contributed by atoms with E-state index in [1.165, 1.54) is 0 Å². The van der Waals surface area contributed by atoms with Gasteiger partial charge < -0.3 is 9.97 Å². The van der Waals surface area contributed by atoms with Crippen molar-refractivity contribution in [3.63, 3.8) is 0 Å². The van der Waals surface area contributed by atoms with Crippen LogP contribution >= 0.6 is 15.9 Å². The lowest BCUT2D eigenvalue weighted by atomic mass is 9.91. The number of aromatic amines is 2. The SMILES string of the molecule is CC(C)C(C)C(Br)c1ccc2[nH]c(=O)c(=O)[nH]c2c1. The Bertz CT molecular complexity index is 702. The molecular formula is C14H17BrN2O2. The van der Waals surface area contributed by atoms with Crippen LogP contribution in [-0.2, 0) is 0 Å². The molecule has 5 heteroatoms. The Labute approximate surface area is 119 Å². The zero-order chi connectivity index (χ0) is 14.2. The molecule has 1 aromatic carbocycles. The molecule has 0 fully saturated rings. The molecule has 2 rings (SSSR count). The summed E-state index contributed by atoms with van der Waals surface area (Å²) >= 11 is 3.71. The van der Waals surface area contributed by atoms with E-state index in [9.17, 15) is 9.59 Å². The van der Waals surface area contributed by atoms with Gasteiger partial charge in [-0.25, -0.2) is 0 Å². The standard InChI is InChI=1S/C14H17BrN2O2/c1-7(2)8(3)12(15)9-4-5-10-11(6-9)17-14(19)13(18)16-10/h4-8,12H,1-3H3,(H,16,18)(H,17,19). The molecule has 19 heavy (non-hydrogen) atoms. The first-order valence-electron chi connectivity index (χ1n) is 6.30. The predicted octanol–water partition coefficient (Wildman–Crippen LogP) is 2.94. The first kappa shape index (κ1) is 14.1. The van der Waals surface area contributed by atoms with Gasteiger partial charge in [-0.1, -0.05) is 42.8 Å². The monoisotopic (exact) mass is 324 g/mol. The van der Waals surface area contributed by atoms with Gasteiger partial charge in [0.1, 0.15) is 0 Å². The average molecular weight is 325 g/mol. The Hall–Kier alpha value is -1.36. The van der Waals surface area contributed by atoms with Gasteiger partial charge in [0.05, 0.1) is 11.0 Å². The van der Waals surface area contributed by atoms with Crippen molar-refractivity contribution in [3.8, 4) is 0 Å². The molecule has 0 bridgehead atoms. The second kappa shape index (κ2) is 5.33. The largest absolute Gasteiger partial charge is 0.316 e. The molecule has 0 amide bonds. The number of benzene rings is 1. The number of hydrogen-bond donors (Lipinski definition) is 2. The Morgan fingerprint density at radius 3 is 2.16 bits per heavy atom. The summed E-state index contributed by atoms with van der Waals surface area (Å²) in [7, 11) is 0. The van der Waals surface area contributed by atoms with Crippen molar-refractivity contribution in [1.82, 2.24) is 9.97 Å². The molecule has 0 aliphatic rings. The van der Waals surface area contributed by atoms with Crippen LogP contribution in [0.2, 0.25) is 0 Å². The minimum Gasteiger partial charge on any atom is -0.316 e. The lowest BCUT2D eigenvalue weighted by Gasteiger charge is -2.22. The Morgan fingerprint density at radius 2 is 1.58 bits per heavy atom. The zero-order valence-electron chi connectivity index (χ0n) is 11.2. The van der Waals surface area contributed by atoms with Gasteiger partial charge in [-0.05, 0) is 29.5 Å². The number of aromatic nitrogens is 2. The summed E-state index contributed by atoms with van der Waals surface area (Å²) < 4.78 is 0. The van der Waals surface area contributed by atoms with Gasteiger partial charge in [-0.15, -0.1) is 0 Å². The quantitative estimate of drug-likeness (QED) is 0.673. The van der Waals surface area contributed by atoms with Crippen LogP contribution in [0.3, 0.4) is 0 Å². The Balaban J connectivity index is 2.50. The van der Waals surface area contributed by atoms with Crippen LogP contribution in [-0.4, -0.2) is 9.97 Å². The first-order chi connectivity index (χ1) is 8.90. The molecule has 2 atom stereocenters. The number of H-pyrrole nitrogens is 2. The van der Waals surface area contributed by atoms with Gasteiger partial charge in [0.15, 0.2) is 0 Å². The van der Waals surface area contributed by atoms with Crippen molar-refractivity contribution in [3.05, 3.63) is 44.5 Å². The Morgan fingerprint density at radius 1 is 1.00 bits per heavy atom. The summed E-state index contributed by atoms with van der Waals surface area (Å²) in [5, 5.41) is 0. The third-order valence-electron chi connectivity index (χ3n) is 3.58. The number of rotatable bonds is 3. The van der Waals surface area contributed by atoms with E-state index in [1.807, 2.05) is 18.2 Å². The van der Waals surface area contributed by atoms with Crippen molar-refractivity contribution in [2.75, 3.05) is 0 Å². The molecule has 0 spiro atoms. The van der Waals surface area contributed by atoms with Crippen LogP contribution in [0.25, 0.3) is 11.0 Å². The first-order valence-corrected chi connectivity index (χ1v) is 7.22. The number of nitrogens with one attached hydrogen (secondary N) is 2. The number of alkyl halides is 1. The van der Waals surface area contributed by atoms with E-state index in [1.54, 1.807) is 0 Å². The summed E-state index contributed by atoms with van der Waals surface area (Å²) in [6.07, 6.45) is 0. The van der Waals surface area contributed by atoms with Gasteiger partial charge in [-0.2, -0.15) is 0 Å². The van der Waals surface area contributed by atoms with Crippen molar-refractivity contribution in [2.24, 2.45) is 11.8 Å². The van der Waals surface area contributed by atoms with E-state index in [0.29, 0.717) is 22.9 Å².